The zero-order valence-corrected chi connectivity index (χ0v) is 23.6. The van der Waals surface area contributed by atoms with Gasteiger partial charge >= 0.3 is 0 Å². The molecular weight excluding hydrogens is 535 g/mol. The predicted octanol–water partition coefficient (Wildman–Crippen LogP) is 7.10. The molecule has 0 saturated carbocycles. The SMILES string of the molecule is CCN(CC(CCN1CCC(O)(c2ccccc2)CC1)c1ccc(Cl)c(Cl)c1)C(=O)c1cccs1.Cl. The first-order chi connectivity index (χ1) is 16.9. The summed E-state index contributed by atoms with van der Waals surface area (Å²) in [6.07, 6.45) is 2.31. The minimum absolute atomic E-state index is 0. The maximum absolute atomic E-state index is 13.1. The fourth-order valence-electron chi connectivity index (χ4n) is 4.83. The lowest BCUT2D eigenvalue weighted by molar-refractivity contribution is -0.0264. The quantitative estimate of drug-likeness (QED) is 0.300. The highest BCUT2D eigenvalue weighted by molar-refractivity contribution is 7.12. The lowest BCUT2D eigenvalue weighted by Gasteiger charge is -2.39. The Morgan fingerprint density at radius 3 is 2.42 bits per heavy atom. The molecule has 8 heteroatoms. The molecule has 1 fully saturated rings. The van der Waals surface area contributed by atoms with Gasteiger partial charge in [0.15, 0.2) is 0 Å². The van der Waals surface area contributed by atoms with Crippen molar-refractivity contribution in [1.29, 1.82) is 0 Å². The van der Waals surface area contributed by atoms with Crippen molar-refractivity contribution in [2.24, 2.45) is 0 Å². The van der Waals surface area contributed by atoms with Crippen LogP contribution in [0.1, 0.15) is 52.9 Å². The molecule has 0 bridgehead atoms. The number of likely N-dealkylation sites (N-methyl/N-ethyl adjacent to an activating group) is 1. The van der Waals surface area contributed by atoms with Crippen molar-refractivity contribution in [2.45, 2.75) is 37.7 Å². The number of aliphatic hydroxyl groups is 1. The smallest absolute Gasteiger partial charge is 0.263 e. The van der Waals surface area contributed by atoms with E-state index in [1.165, 1.54) is 11.3 Å². The number of carbonyl (C=O) groups excluding carboxylic acids is 1. The number of halogens is 3. The molecule has 1 unspecified atom stereocenters. The van der Waals surface area contributed by atoms with Gasteiger partial charge in [-0.1, -0.05) is 65.7 Å². The molecule has 1 aromatic heterocycles. The van der Waals surface area contributed by atoms with E-state index >= 15 is 0 Å². The summed E-state index contributed by atoms with van der Waals surface area (Å²) >= 11 is 14.0. The summed E-state index contributed by atoms with van der Waals surface area (Å²) in [5, 5.41) is 14.2. The molecule has 0 spiro atoms. The Kier molecular flexibility index (Phi) is 10.7. The van der Waals surface area contributed by atoms with Crippen molar-refractivity contribution in [3.8, 4) is 0 Å². The summed E-state index contributed by atoms with van der Waals surface area (Å²) in [6.45, 7) is 5.85. The zero-order chi connectivity index (χ0) is 24.8. The van der Waals surface area contributed by atoms with Gasteiger partial charge in [-0.25, -0.2) is 0 Å². The summed E-state index contributed by atoms with van der Waals surface area (Å²) < 4.78 is 0. The van der Waals surface area contributed by atoms with Gasteiger partial charge < -0.3 is 14.9 Å². The molecule has 2 aromatic carbocycles. The minimum atomic E-state index is -0.757. The topological polar surface area (TPSA) is 43.8 Å². The molecule has 2 heterocycles. The maximum atomic E-state index is 13.1. The van der Waals surface area contributed by atoms with Crippen LogP contribution in [0.15, 0.2) is 66.0 Å². The van der Waals surface area contributed by atoms with E-state index in [1.807, 2.05) is 77.9 Å². The number of amides is 1. The second-order valence-corrected chi connectivity index (χ2v) is 11.0. The molecule has 1 N–H and O–H groups in total. The Hall–Kier alpha value is -1.60. The first-order valence-corrected chi connectivity index (χ1v) is 13.8. The minimum Gasteiger partial charge on any atom is -0.385 e. The molecule has 4 rings (SSSR count). The number of thiophene rings is 1. The van der Waals surface area contributed by atoms with Crippen molar-refractivity contribution in [2.75, 3.05) is 32.7 Å². The lowest BCUT2D eigenvalue weighted by atomic mass is 9.84. The number of carbonyl (C=O) groups is 1. The second kappa shape index (κ2) is 13.3. The van der Waals surface area contributed by atoms with Crippen LogP contribution in [-0.2, 0) is 5.60 Å². The first-order valence-electron chi connectivity index (χ1n) is 12.2. The van der Waals surface area contributed by atoms with Crippen LogP contribution < -0.4 is 0 Å². The van der Waals surface area contributed by atoms with Crippen LogP contribution in [0.4, 0.5) is 0 Å². The predicted molar refractivity (Wildman–Crippen MR) is 153 cm³/mol. The van der Waals surface area contributed by atoms with Gasteiger partial charge in [0.25, 0.3) is 5.91 Å². The van der Waals surface area contributed by atoms with E-state index in [0.717, 1.165) is 42.1 Å². The summed E-state index contributed by atoms with van der Waals surface area (Å²) in [7, 11) is 0. The monoisotopic (exact) mass is 566 g/mol. The van der Waals surface area contributed by atoms with Crippen molar-refractivity contribution < 1.29 is 9.90 Å². The summed E-state index contributed by atoms with van der Waals surface area (Å²) in [5.74, 6) is 0.196. The van der Waals surface area contributed by atoms with Gasteiger partial charge in [-0.3, -0.25) is 4.79 Å². The van der Waals surface area contributed by atoms with Gasteiger partial charge in [0, 0.05) is 32.1 Å². The van der Waals surface area contributed by atoms with E-state index in [-0.39, 0.29) is 24.2 Å². The fourth-order valence-corrected chi connectivity index (χ4v) is 5.83. The van der Waals surface area contributed by atoms with Crippen molar-refractivity contribution in [3.63, 3.8) is 0 Å². The van der Waals surface area contributed by atoms with Crippen molar-refractivity contribution in [1.82, 2.24) is 9.80 Å². The lowest BCUT2D eigenvalue weighted by Crippen LogP contribution is -2.43. The van der Waals surface area contributed by atoms with Crippen molar-refractivity contribution >= 4 is 52.9 Å². The number of hydrogen-bond acceptors (Lipinski definition) is 4. The van der Waals surface area contributed by atoms with E-state index in [1.54, 1.807) is 0 Å². The average molecular weight is 568 g/mol. The maximum Gasteiger partial charge on any atom is 0.263 e. The van der Waals surface area contributed by atoms with Gasteiger partial charge in [0.2, 0.25) is 0 Å². The molecular formula is C28H33Cl3N2O2S. The molecule has 1 aliphatic heterocycles. The molecule has 36 heavy (non-hydrogen) atoms. The van der Waals surface area contributed by atoms with Gasteiger partial charge in [-0.05, 0) is 67.4 Å². The Bertz CT molecular complexity index is 1100. The van der Waals surface area contributed by atoms with Crippen LogP contribution in [0.2, 0.25) is 10.0 Å². The molecule has 1 aliphatic rings. The van der Waals surface area contributed by atoms with Gasteiger partial charge in [0.1, 0.15) is 0 Å². The summed E-state index contributed by atoms with van der Waals surface area (Å²) in [5.41, 5.74) is 1.33. The Morgan fingerprint density at radius 2 is 1.81 bits per heavy atom. The number of nitrogens with zero attached hydrogens (tertiary/aromatic N) is 2. The fraction of sp³-hybridized carbons (Fsp3) is 0.393. The van der Waals surface area contributed by atoms with Crippen LogP contribution in [0.25, 0.3) is 0 Å². The number of hydrogen-bond donors (Lipinski definition) is 1. The number of piperidine rings is 1. The number of benzene rings is 2. The molecule has 4 nitrogen and oxygen atoms in total. The van der Waals surface area contributed by atoms with Crippen LogP contribution in [0.3, 0.4) is 0 Å². The van der Waals surface area contributed by atoms with Crippen LogP contribution in [0.5, 0.6) is 0 Å². The molecule has 0 radical (unpaired) electrons. The molecule has 1 saturated heterocycles. The Morgan fingerprint density at radius 1 is 1.08 bits per heavy atom. The van der Waals surface area contributed by atoms with Crippen molar-refractivity contribution in [3.05, 3.63) is 92.1 Å². The summed E-state index contributed by atoms with van der Waals surface area (Å²) in [6, 6.07) is 19.6. The molecule has 0 aliphatic carbocycles. The number of rotatable bonds is 9. The third kappa shape index (κ3) is 7.03. The molecule has 194 valence electrons. The third-order valence-corrected chi connectivity index (χ3v) is 8.64. The van der Waals surface area contributed by atoms with Crippen LogP contribution in [-0.4, -0.2) is 53.5 Å². The van der Waals surface area contributed by atoms with E-state index < -0.39 is 5.60 Å². The zero-order valence-electron chi connectivity index (χ0n) is 20.4. The normalized spacial score (nSPS) is 16.2. The highest BCUT2D eigenvalue weighted by Gasteiger charge is 2.34. The van der Waals surface area contributed by atoms with Gasteiger partial charge in [0.05, 0.1) is 20.5 Å². The van der Waals surface area contributed by atoms with E-state index in [4.69, 9.17) is 23.2 Å². The molecule has 3 aromatic rings. The van der Waals surface area contributed by atoms with Crippen LogP contribution in [0, 0.1) is 0 Å². The standard InChI is InChI=1S/C28H32Cl2N2O2S.ClH/c1-2-32(27(33)26-9-6-18-35-26)20-22(21-10-11-24(29)25(30)19-21)12-15-31-16-13-28(34,14-17-31)23-7-4-3-5-8-23;/h3-11,18-19,22,34H,2,12-17,20H2,1H3;1H. The molecule has 1 atom stereocenters. The summed E-state index contributed by atoms with van der Waals surface area (Å²) in [4.78, 5) is 18.2. The first kappa shape index (κ1) is 29.0. The van der Waals surface area contributed by atoms with Crippen LogP contribution >= 0.6 is 46.9 Å². The second-order valence-electron chi connectivity index (χ2n) is 9.22. The highest BCUT2D eigenvalue weighted by atomic mass is 35.5. The third-order valence-electron chi connectivity index (χ3n) is 7.04. The van der Waals surface area contributed by atoms with Gasteiger partial charge in [-0.15, -0.1) is 23.7 Å². The number of likely N-dealkylation sites (tertiary alicyclic amines) is 1. The van der Waals surface area contributed by atoms with E-state index in [9.17, 15) is 9.90 Å². The van der Waals surface area contributed by atoms with E-state index in [0.29, 0.717) is 36.0 Å². The Labute approximate surface area is 234 Å². The Balaban J connectivity index is 0.00000361. The molecule has 1 amide bonds. The largest absolute Gasteiger partial charge is 0.385 e. The average Bonchev–Trinajstić information content (AvgIpc) is 3.42. The van der Waals surface area contributed by atoms with Gasteiger partial charge in [-0.2, -0.15) is 0 Å². The van der Waals surface area contributed by atoms with E-state index in [2.05, 4.69) is 4.90 Å². The highest BCUT2D eigenvalue weighted by Crippen LogP contribution is 2.34.